The van der Waals surface area contributed by atoms with E-state index in [1.54, 1.807) is 6.92 Å². The number of carbonyl (C=O) groups excluding carboxylic acids is 1. The van der Waals surface area contributed by atoms with E-state index in [-0.39, 0.29) is 34.8 Å². The van der Waals surface area contributed by atoms with E-state index in [2.05, 4.69) is 47.7 Å². The first kappa shape index (κ1) is 26.8. The fourth-order valence-electron chi connectivity index (χ4n) is 4.74. The highest BCUT2D eigenvalue weighted by atomic mass is 28.4. The number of allylic oxidation sites excluding steroid dienone is 2. The SMILES string of the molecule is Cc1cc(C2=C(/C=C/[C@@H]3C[C@@H](O)CC(=O)O3)C(C)(C)C[C@@H](O[Si](C)(C)C(C)(C)C)C2)ccc1F. The second-order valence-corrected chi connectivity index (χ2v) is 16.9. The predicted molar refractivity (Wildman–Crippen MR) is 137 cm³/mol. The molecule has 0 aromatic heterocycles. The minimum Gasteiger partial charge on any atom is -0.458 e. The van der Waals surface area contributed by atoms with Crippen molar-refractivity contribution in [1.29, 1.82) is 0 Å². The summed E-state index contributed by atoms with van der Waals surface area (Å²) in [4.78, 5) is 11.8. The summed E-state index contributed by atoms with van der Waals surface area (Å²) in [5, 5.41) is 10.1. The van der Waals surface area contributed by atoms with Crippen LogP contribution in [0.15, 0.2) is 35.9 Å². The van der Waals surface area contributed by atoms with Gasteiger partial charge in [-0.2, -0.15) is 0 Å². The number of aliphatic hydroxyl groups is 1. The standard InChI is InChI=1S/C28H41FO4Si/c1-18-13-19(9-12-25(18)29)23-16-22(33-34(7,8)27(2,3)4)17-28(5,6)24(23)11-10-21-14-20(30)15-26(31)32-21/h9-13,20-22,30H,14-17H2,1-8H3/b11-10+/t20-,21-,22+/m1/s1. The van der Waals surface area contributed by atoms with Gasteiger partial charge in [-0.1, -0.05) is 46.8 Å². The van der Waals surface area contributed by atoms with Crippen LogP contribution >= 0.6 is 0 Å². The molecule has 1 fully saturated rings. The quantitative estimate of drug-likeness (QED) is 0.369. The Bertz CT molecular complexity index is 987. The van der Waals surface area contributed by atoms with Gasteiger partial charge in [-0.05, 0) is 83.8 Å². The maximum Gasteiger partial charge on any atom is 0.309 e. The van der Waals surface area contributed by atoms with Crippen LogP contribution in [0.1, 0.15) is 71.4 Å². The van der Waals surface area contributed by atoms with Gasteiger partial charge >= 0.3 is 5.97 Å². The molecular formula is C28H41FO4Si. The number of esters is 1. The summed E-state index contributed by atoms with van der Waals surface area (Å²) < 4.78 is 26.4. The summed E-state index contributed by atoms with van der Waals surface area (Å²) in [6.45, 7) is 17.5. The molecule has 188 valence electrons. The number of aliphatic hydroxyl groups excluding tert-OH is 1. The van der Waals surface area contributed by atoms with Gasteiger partial charge in [-0.3, -0.25) is 4.79 Å². The van der Waals surface area contributed by atoms with E-state index in [4.69, 9.17) is 9.16 Å². The Morgan fingerprint density at radius 3 is 2.50 bits per heavy atom. The molecule has 1 heterocycles. The Kier molecular flexibility index (Phi) is 7.66. The highest BCUT2D eigenvalue weighted by Gasteiger charge is 2.43. The van der Waals surface area contributed by atoms with Crippen molar-refractivity contribution in [3.63, 3.8) is 0 Å². The monoisotopic (exact) mass is 488 g/mol. The van der Waals surface area contributed by atoms with Crippen molar-refractivity contribution in [2.75, 3.05) is 0 Å². The van der Waals surface area contributed by atoms with Gasteiger partial charge in [0.05, 0.1) is 12.5 Å². The highest BCUT2D eigenvalue weighted by molar-refractivity contribution is 6.74. The minimum absolute atomic E-state index is 0.0467. The Morgan fingerprint density at radius 2 is 1.91 bits per heavy atom. The number of carbonyl (C=O) groups is 1. The lowest BCUT2D eigenvalue weighted by Crippen LogP contribution is -2.46. The Balaban J connectivity index is 2.02. The minimum atomic E-state index is -1.97. The number of ether oxygens (including phenoxy) is 1. The Hall–Kier alpha value is -1.76. The molecule has 3 rings (SSSR count). The first-order valence-electron chi connectivity index (χ1n) is 12.3. The number of halogens is 1. The zero-order valence-corrected chi connectivity index (χ0v) is 23.0. The van der Waals surface area contributed by atoms with Crippen molar-refractivity contribution in [3.8, 4) is 0 Å². The van der Waals surface area contributed by atoms with Gasteiger partial charge in [0.25, 0.3) is 0 Å². The van der Waals surface area contributed by atoms with Crippen LogP contribution < -0.4 is 0 Å². The number of benzene rings is 1. The van der Waals surface area contributed by atoms with Gasteiger partial charge in [0.15, 0.2) is 8.32 Å². The first-order valence-corrected chi connectivity index (χ1v) is 15.2. The van der Waals surface area contributed by atoms with Crippen molar-refractivity contribution in [2.24, 2.45) is 5.41 Å². The molecule has 1 aromatic carbocycles. The molecule has 0 bridgehead atoms. The number of aryl methyl sites for hydroxylation is 1. The van der Waals surface area contributed by atoms with Crippen LogP contribution in [0.25, 0.3) is 5.57 Å². The second kappa shape index (κ2) is 9.71. The molecule has 1 aromatic rings. The van der Waals surface area contributed by atoms with Crippen LogP contribution in [0.4, 0.5) is 4.39 Å². The molecule has 1 N–H and O–H groups in total. The Morgan fingerprint density at radius 1 is 1.24 bits per heavy atom. The second-order valence-electron chi connectivity index (χ2n) is 12.1. The van der Waals surface area contributed by atoms with Gasteiger partial charge in [0.2, 0.25) is 0 Å². The number of rotatable bonds is 5. The molecule has 34 heavy (non-hydrogen) atoms. The molecule has 0 spiro atoms. The molecule has 0 saturated carbocycles. The van der Waals surface area contributed by atoms with Crippen molar-refractivity contribution in [3.05, 3.63) is 52.9 Å². The third kappa shape index (κ3) is 6.07. The molecule has 0 radical (unpaired) electrons. The molecule has 1 saturated heterocycles. The third-order valence-electron chi connectivity index (χ3n) is 7.66. The largest absolute Gasteiger partial charge is 0.458 e. The molecule has 1 aliphatic heterocycles. The molecule has 6 heteroatoms. The lowest BCUT2D eigenvalue weighted by Gasteiger charge is -2.45. The van der Waals surface area contributed by atoms with Gasteiger partial charge in [0, 0.05) is 12.5 Å². The number of cyclic esters (lactones) is 1. The van der Waals surface area contributed by atoms with Gasteiger partial charge in [-0.15, -0.1) is 0 Å². The van der Waals surface area contributed by atoms with E-state index in [9.17, 15) is 14.3 Å². The average Bonchev–Trinajstić information content (AvgIpc) is 2.66. The fourth-order valence-corrected chi connectivity index (χ4v) is 6.09. The summed E-state index contributed by atoms with van der Waals surface area (Å²) in [5.74, 6) is -0.587. The van der Waals surface area contributed by atoms with Crippen molar-refractivity contribution < 1.29 is 23.5 Å². The van der Waals surface area contributed by atoms with E-state index in [1.165, 1.54) is 6.07 Å². The van der Waals surface area contributed by atoms with Crippen molar-refractivity contribution >= 4 is 19.9 Å². The number of hydrogen-bond acceptors (Lipinski definition) is 4. The van der Waals surface area contributed by atoms with Gasteiger partial charge in [0.1, 0.15) is 11.9 Å². The van der Waals surface area contributed by atoms with Crippen LogP contribution in [0, 0.1) is 18.2 Å². The van der Waals surface area contributed by atoms with Gasteiger partial charge in [-0.25, -0.2) is 4.39 Å². The summed E-state index contributed by atoms with van der Waals surface area (Å²) in [5.41, 5.74) is 3.70. The maximum absolute atomic E-state index is 14.1. The first-order chi connectivity index (χ1) is 15.6. The van der Waals surface area contributed by atoms with E-state index < -0.39 is 20.5 Å². The normalized spacial score (nSPS) is 26.2. The summed E-state index contributed by atoms with van der Waals surface area (Å²) in [6.07, 6.45) is 4.95. The molecule has 1 aliphatic carbocycles. The summed E-state index contributed by atoms with van der Waals surface area (Å²) in [6, 6.07) is 5.29. The van der Waals surface area contributed by atoms with Crippen LogP contribution in [0.5, 0.6) is 0 Å². The third-order valence-corrected chi connectivity index (χ3v) is 12.2. The van der Waals surface area contributed by atoms with Crippen molar-refractivity contribution in [1.82, 2.24) is 0 Å². The zero-order valence-electron chi connectivity index (χ0n) is 22.0. The molecular weight excluding hydrogens is 447 g/mol. The summed E-state index contributed by atoms with van der Waals surface area (Å²) >= 11 is 0. The van der Waals surface area contributed by atoms with E-state index in [0.29, 0.717) is 12.0 Å². The molecule has 2 aliphatic rings. The highest BCUT2D eigenvalue weighted by Crippen LogP contribution is 2.48. The fraction of sp³-hybridized carbons (Fsp3) is 0.607. The Labute approximate surface area is 205 Å². The van der Waals surface area contributed by atoms with E-state index in [1.807, 2.05) is 24.3 Å². The van der Waals surface area contributed by atoms with Gasteiger partial charge < -0.3 is 14.3 Å². The molecule has 4 nitrogen and oxygen atoms in total. The smallest absolute Gasteiger partial charge is 0.309 e. The van der Waals surface area contributed by atoms with E-state index in [0.717, 1.165) is 29.6 Å². The topological polar surface area (TPSA) is 55.8 Å². The van der Waals surface area contributed by atoms with Crippen LogP contribution in [-0.4, -0.2) is 37.7 Å². The molecule has 0 amide bonds. The lowest BCUT2D eigenvalue weighted by atomic mass is 9.69. The lowest BCUT2D eigenvalue weighted by molar-refractivity contribution is -0.156. The van der Waals surface area contributed by atoms with Crippen LogP contribution in [0.3, 0.4) is 0 Å². The number of hydrogen-bond donors (Lipinski definition) is 1. The molecule has 3 atom stereocenters. The van der Waals surface area contributed by atoms with Crippen LogP contribution in [0.2, 0.25) is 18.1 Å². The maximum atomic E-state index is 14.1. The van der Waals surface area contributed by atoms with Crippen molar-refractivity contribution in [2.45, 2.75) is 104 Å². The average molecular weight is 489 g/mol. The van der Waals surface area contributed by atoms with E-state index >= 15 is 0 Å². The molecule has 0 unspecified atom stereocenters. The predicted octanol–water partition coefficient (Wildman–Crippen LogP) is 6.72. The zero-order chi connectivity index (χ0) is 25.5. The summed E-state index contributed by atoms with van der Waals surface area (Å²) in [7, 11) is -1.97. The van der Waals surface area contributed by atoms with Crippen LogP contribution in [-0.2, 0) is 14.0 Å².